The number of aliphatic hydroxyl groups is 1. The average Bonchev–Trinajstić information content (AvgIpc) is 2.03. The average molecular weight is 191 g/mol. The van der Waals surface area contributed by atoms with Crippen molar-refractivity contribution in [2.45, 2.75) is 13.0 Å². The molecule has 0 aromatic heterocycles. The second-order valence-corrected chi connectivity index (χ2v) is 2.54. The van der Waals surface area contributed by atoms with Gasteiger partial charge in [0.2, 0.25) is 5.91 Å². The summed E-state index contributed by atoms with van der Waals surface area (Å²) in [5.74, 6) is -1.56. The van der Waals surface area contributed by atoms with E-state index in [1.807, 2.05) is 0 Å². The van der Waals surface area contributed by atoms with Crippen molar-refractivity contribution in [3.63, 3.8) is 0 Å². The first kappa shape index (κ1) is 11.9. The zero-order valence-corrected chi connectivity index (χ0v) is 7.32. The monoisotopic (exact) mass is 191 g/mol. The molecule has 13 heavy (non-hydrogen) atoms. The fourth-order valence-corrected chi connectivity index (χ4v) is 0.593. The van der Waals surface area contributed by atoms with Crippen LogP contribution in [0.4, 0.5) is 0 Å². The van der Waals surface area contributed by atoms with Gasteiger partial charge in [-0.15, -0.1) is 0 Å². The van der Waals surface area contributed by atoms with Gasteiger partial charge in [0.1, 0.15) is 13.2 Å². The first-order valence-electron chi connectivity index (χ1n) is 3.76. The Morgan fingerprint density at radius 3 is 2.54 bits per heavy atom. The van der Waals surface area contributed by atoms with Crippen molar-refractivity contribution in [1.29, 1.82) is 0 Å². The van der Waals surface area contributed by atoms with Gasteiger partial charge in [0, 0.05) is 6.04 Å². The van der Waals surface area contributed by atoms with E-state index in [1.165, 1.54) is 0 Å². The maximum Gasteiger partial charge on any atom is 0.329 e. The van der Waals surface area contributed by atoms with E-state index >= 15 is 0 Å². The van der Waals surface area contributed by atoms with Crippen LogP contribution < -0.4 is 5.32 Å². The van der Waals surface area contributed by atoms with Crippen molar-refractivity contribution in [3.8, 4) is 0 Å². The lowest BCUT2D eigenvalue weighted by molar-refractivity contribution is -0.143. The highest BCUT2D eigenvalue weighted by molar-refractivity contribution is 5.78. The third-order valence-corrected chi connectivity index (χ3v) is 1.14. The SMILES string of the molecule is CC(CO)NC(=O)COCC(=O)O. The second kappa shape index (κ2) is 6.38. The minimum absolute atomic E-state index is 0.162. The summed E-state index contributed by atoms with van der Waals surface area (Å²) >= 11 is 0. The van der Waals surface area contributed by atoms with Crippen molar-refractivity contribution >= 4 is 11.9 Å². The zero-order chi connectivity index (χ0) is 10.3. The Morgan fingerprint density at radius 1 is 1.46 bits per heavy atom. The van der Waals surface area contributed by atoms with E-state index < -0.39 is 18.5 Å². The minimum atomic E-state index is -1.12. The molecular weight excluding hydrogens is 178 g/mol. The first-order chi connectivity index (χ1) is 6.06. The quantitative estimate of drug-likeness (QED) is 0.479. The highest BCUT2D eigenvalue weighted by atomic mass is 16.5. The normalized spacial score (nSPS) is 12.2. The molecule has 0 aliphatic rings. The van der Waals surface area contributed by atoms with Gasteiger partial charge in [-0.3, -0.25) is 4.79 Å². The van der Waals surface area contributed by atoms with Crippen molar-refractivity contribution in [2.75, 3.05) is 19.8 Å². The van der Waals surface area contributed by atoms with Crippen LogP contribution in [0.5, 0.6) is 0 Å². The lowest BCUT2D eigenvalue weighted by Crippen LogP contribution is -2.37. The Morgan fingerprint density at radius 2 is 2.08 bits per heavy atom. The number of hydrogen-bond donors (Lipinski definition) is 3. The fraction of sp³-hybridized carbons (Fsp3) is 0.714. The largest absolute Gasteiger partial charge is 0.480 e. The first-order valence-corrected chi connectivity index (χ1v) is 3.76. The van der Waals surface area contributed by atoms with Gasteiger partial charge in [0.15, 0.2) is 0 Å². The van der Waals surface area contributed by atoms with Crippen molar-refractivity contribution < 1.29 is 24.5 Å². The lowest BCUT2D eigenvalue weighted by Gasteiger charge is -2.09. The second-order valence-electron chi connectivity index (χ2n) is 2.54. The van der Waals surface area contributed by atoms with E-state index in [-0.39, 0.29) is 19.3 Å². The summed E-state index contributed by atoms with van der Waals surface area (Å²) in [5.41, 5.74) is 0. The smallest absolute Gasteiger partial charge is 0.329 e. The van der Waals surface area contributed by atoms with Gasteiger partial charge in [-0.05, 0) is 6.92 Å². The Balaban J connectivity index is 3.46. The maximum absolute atomic E-state index is 10.9. The van der Waals surface area contributed by atoms with Gasteiger partial charge in [0.25, 0.3) is 0 Å². The topological polar surface area (TPSA) is 95.9 Å². The van der Waals surface area contributed by atoms with Crippen molar-refractivity contribution in [3.05, 3.63) is 0 Å². The molecule has 0 rings (SSSR count). The van der Waals surface area contributed by atoms with Crippen LogP contribution in [0.3, 0.4) is 0 Å². The summed E-state index contributed by atoms with van der Waals surface area (Å²) in [7, 11) is 0. The molecule has 0 aromatic carbocycles. The summed E-state index contributed by atoms with van der Waals surface area (Å²) in [6.07, 6.45) is 0. The van der Waals surface area contributed by atoms with E-state index in [9.17, 15) is 9.59 Å². The molecule has 0 aromatic rings. The highest BCUT2D eigenvalue weighted by Crippen LogP contribution is 1.80. The summed E-state index contributed by atoms with van der Waals surface area (Å²) < 4.78 is 4.51. The van der Waals surface area contributed by atoms with Crippen molar-refractivity contribution in [2.24, 2.45) is 0 Å². The maximum atomic E-state index is 10.9. The molecule has 0 bridgehead atoms. The number of amides is 1. The molecule has 1 atom stereocenters. The number of carbonyl (C=O) groups excluding carboxylic acids is 1. The molecule has 0 heterocycles. The van der Waals surface area contributed by atoms with E-state index in [4.69, 9.17) is 10.2 Å². The Bertz CT molecular complexity index is 182. The van der Waals surface area contributed by atoms with E-state index in [0.717, 1.165) is 0 Å². The van der Waals surface area contributed by atoms with Crippen LogP contribution in [0.15, 0.2) is 0 Å². The molecule has 0 aliphatic carbocycles. The number of aliphatic hydroxyl groups excluding tert-OH is 1. The number of hydrogen-bond acceptors (Lipinski definition) is 4. The summed E-state index contributed by atoms with van der Waals surface area (Å²) in [5, 5.41) is 19.1. The number of carboxylic acids is 1. The fourth-order valence-electron chi connectivity index (χ4n) is 0.593. The Labute approximate surface area is 75.5 Å². The number of ether oxygens (including phenoxy) is 1. The molecule has 0 fully saturated rings. The number of nitrogens with one attached hydrogen (secondary N) is 1. The summed E-state index contributed by atoms with van der Waals surface area (Å²) in [4.78, 5) is 20.8. The third-order valence-electron chi connectivity index (χ3n) is 1.14. The van der Waals surface area contributed by atoms with Gasteiger partial charge >= 0.3 is 5.97 Å². The molecule has 0 spiro atoms. The van der Waals surface area contributed by atoms with E-state index in [2.05, 4.69) is 10.1 Å². The van der Waals surface area contributed by atoms with E-state index in [1.54, 1.807) is 6.92 Å². The van der Waals surface area contributed by atoms with Crippen LogP contribution in [0.2, 0.25) is 0 Å². The van der Waals surface area contributed by atoms with Gasteiger partial charge in [-0.25, -0.2) is 4.79 Å². The molecule has 0 saturated heterocycles. The number of carbonyl (C=O) groups is 2. The molecule has 76 valence electrons. The van der Waals surface area contributed by atoms with Gasteiger partial charge < -0.3 is 20.3 Å². The standard InChI is InChI=1S/C7H13NO5/c1-5(2-9)8-6(10)3-13-4-7(11)12/h5,9H,2-4H2,1H3,(H,8,10)(H,11,12). The minimum Gasteiger partial charge on any atom is -0.480 e. The number of carboxylic acid groups (broad SMARTS) is 1. The van der Waals surface area contributed by atoms with Crippen LogP contribution in [0.1, 0.15) is 6.92 Å². The predicted molar refractivity (Wildman–Crippen MR) is 43.1 cm³/mol. The van der Waals surface area contributed by atoms with Gasteiger partial charge in [-0.2, -0.15) is 0 Å². The van der Waals surface area contributed by atoms with Crippen LogP contribution in [-0.2, 0) is 14.3 Å². The summed E-state index contributed by atoms with van der Waals surface area (Å²) in [6.45, 7) is 0.650. The van der Waals surface area contributed by atoms with Crippen molar-refractivity contribution in [1.82, 2.24) is 5.32 Å². The van der Waals surface area contributed by atoms with Crippen LogP contribution in [-0.4, -0.2) is 48.0 Å². The Kier molecular flexibility index (Phi) is 5.82. The van der Waals surface area contributed by atoms with Crippen LogP contribution in [0, 0.1) is 0 Å². The molecule has 0 saturated carbocycles. The Hall–Kier alpha value is -1.14. The molecule has 0 radical (unpaired) electrons. The molecule has 1 amide bonds. The zero-order valence-electron chi connectivity index (χ0n) is 7.32. The lowest BCUT2D eigenvalue weighted by atomic mass is 10.3. The van der Waals surface area contributed by atoms with Gasteiger partial charge in [-0.1, -0.05) is 0 Å². The molecule has 6 nitrogen and oxygen atoms in total. The molecular formula is C7H13NO5. The molecule has 0 aliphatic heterocycles. The molecule has 3 N–H and O–H groups in total. The third kappa shape index (κ3) is 7.23. The highest BCUT2D eigenvalue weighted by Gasteiger charge is 2.06. The number of aliphatic carboxylic acids is 1. The van der Waals surface area contributed by atoms with Crippen LogP contribution in [0.25, 0.3) is 0 Å². The summed E-state index contributed by atoms with van der Waals surface area (Å²) in [6, 6.07) is -0.346. The molecule has 6 heteroatoms. The van der Waals surface area contributed by atoms with Gasteiger partial charge in [0.05, 0.1) is 6.61 Å². The van der Waals surface area contributed by atoms with Crippen LogP contribution >= 0.6 is 0 Å². The predicted octanol–water partition coefficient (Wildman–Crippen LogP) is -1.42. The van der Waals surface area contributed by atoms with E-state index in [0.29, 0.717) is 0 Å². The number of rotatable bonds is 6. The molecule has 1 unspecified atom stereocenters.